The number of rotatable bonds is 5. The first-order valence-corrected chi connectivity index (χ1v) is 8.71. The minimum atomic E-state index is 0.228. The van der Waals surface area contributed by atoms with Crippen molar-refractivity contribution in [3.63, 3.8) is 0 Å². The highest BCUT2D eigenvalue weighted by atomic mass is 32.1. The van der Waals surface area contributed by atoms with Crippen LogP contribution in [0, 0.1) is 4.77 Å². The molecule has 0 spiro atoms. The maximum atomic E-state index is 5.81. The van der Waals surface area contributed by atoms with E-state index >= 15 is 0 Å². The summed E-state index contributed by atoms with van der Waals surface area (Å²) in [6.45, 7) is 11.2. The predicted octanol–water partition coefficient (Wildman–Crippen LogP) is 3.33. The van der Waals surface area contributed by atoms with E-state index in [1.807, 2.05) is 33.5 Å². The number of ether oxygens (including phenoxy) is 1. The fourth-order valence-electron chi connectivity index (χ4n) is 3.22. The highest BCUT2D eigenvalue weighted by Crippen LogP contribution is 2.19. The first-order chi connectivity index (χ1) is 11.6. The smallest absolute Gasteiger partial charge is 0.199 e. The molecule has 0 bridgehead atoms. The topological polar surface area (TPSA) is 35.2 Å². The van der Waals surface area contributed by atoms with Gasteiger partial charge in [0.1, 0.15) is 0 Å². The Morgan fingerprint density at radius 1 is 1.25 bits per heavy atom. The van der Waals surface area contributed by atoms with Crippen molar-refractivity contribution in [1.82, 2.24) is 19.2 Å². The number of hydrogen-bond donors (Lipinski definition) is 0. The number of allylic oxidation sites excluding steroid dienone is 1. The Balaban J connectivity index is 1.91. The molecule has 128 valence electrons. The van der Waals surface area contributed by atoms with E-state index in [0.717, 1.165) is 29.2 Å². The molecule has 1 aromatic carbocycles. The molecule has 6 heteroatoms. The molecule has 2 atom stereocenters. The van der Waals surface area contributed by atoms with E-state index in [1.54, 1.807) is 0 Å². The van der Waals surface area contributed by atoms with Gasteiger partial charge in [-0.25, -0.2) is 4.68 Å². The van der Waals surface area contributed by atoms with Crippen molar-refractivity contribution >= 4 is 12.2 Å². The molecule has 1 aliphatic rings. The molecule has 3 rings (SSSR count). The molecule has 0 amide bonds. The van der Waals surface area contributed by atoms with Crippen LogP contribution in [0.25, 0.3) is 11.4 Å². The third kappa shape index (κ3) is 3.66. The van der Waals surface area contributed by atoms with Gasteiger partial charge in [0.2, 0.25) is 0 Å². The van der Waals surface area contributed by atoms with Crippen LogP contribution in [-0.4, -0.2) is 44.5 Å². The molecule has 0 unspecified atom stereocenters. The van der Waals surface area contributed by atoms with Crippen LogP contribution in [0.2, 0.25) is 0 Å². The Morgan fingerprint density at radius 2 is 1.92 bits per heavy atom. The highest BCUT2D eigenvalue weighted by molar-refractivity contribution is 7.71. The maximum absolute atomic E-state index is 5.81. The predicted molar refractivity (Wildman–Crippen MR) is 98.3 cm³/mol. The number of hydrogen-bond acceptors (Lipinski definition) is 4. The van der Waals surface area contributed by atoms with E-state index in [2.05, 4.69) is 37.5 Å². The number of aromatic nitrogens is 3. The molecule has 0 aliphatic carbocycles. The monoisotopic (exact) mass is 344 g/mol. The molecule has 2 heterocycles. The van der Waals surface area contributed by atoms with Crippen molar-refractivity contribution in [1.29, 1.82) is 0 Å². The second-order valence-electron chi connectivity index (χ2n) is 6.31. The molecule has 1 aromatic heterocycles. The van der Waals surface area contributed by atoms with Gasteiger partial charge in [-0.1, -0.05) is 36.4 Å². The summed E-state index contributed by atoms with van der Waals surface area (Å²) in [6, 6.07) is 10.1. The second-order valence-corrected chi connectivity index (χ2v) is 6.67. The van der Waals surface area contributed by atoms with E-state index in [-0.39, 0.29) is 12.2 Å². The Hall–Kier alpha value is -1.76. The normalized spacial score (nSPS) is 21.8. The van der Waals surface area contributed by atoms with Gasteiger partial charge in [-0.05, 0) is 26.1 Å². The van der Waals surface area contributed by atoms with E-state index in [0.29, 0.717) is 13.2 Å². The molecule has 2 aromatic rings. The van der Waals surface area contributed by atoms with Gasteiger partial charge < -0.3 is 4.74 Å². The highest BCUT2D eigenvalue weighted by Gasteiger charge is 2.23. The molecule has 24 heavy (non-hydrogen) atoms. The van der Waals surface area contributed by atoms with Crippen molar-refractivity contribution in [2.24, 2.45) is 0 Å². The lowest BCUT2D eigenvalue weighted by Crippen LogP contribution is -2.46. The summed E-state index contributed by atoms with van der Waals surface area (Å²) in [5.74, 6) is 0.884. The summed E-state index contributed by atoms with van der Waals surface area (Å²) in [4.78, 5) is 2.34. The average Bonchev–Trinajstić information content (AvgIpc) is 2.85. The Bertz CT molecular complexity index is 742. The second kappa shape index (κ2) is 7.42. The van der Waals surface area contributed by atoms with Crippen molar-refractivity contribution in [3.05, 3.63) is 47.8 Å². The van der Waals surface area contributed by atoms with Crippen molar-refractivity contribution in [2.75, 3.05) is 13.1 Å². The van der Waals surface area contributed by atoms with Gasteiger partial charge >= 0.3 is 0 Å². The molecular weight excluding hydrogens is 320 g/mol. The summed E-state index contributed by atoms with van der Waals surface area (Å²) >= 11 is 5.66. The van der Waals surface area contributed by atoms with Crippen LogP contribution >= 0.6 is 12.2 Å². The van der Waals surface area contributed by atoms with E-state index in [9.17, 15) is 0 Å². The maximum Gasteiger partial charge on any atom is 0.199 e. The zero-order valence-corrected chi connectivity index (χ0v) is 15.1. The lowest BCUT2D eigenvalue weighted by molar-refractivity contribution is -0.0777. The van der Waals surface area contributed by atoms with E-state index < -0.39 is 0 Å². The molecule has 0 N–H and O–H groups in total. The molecule has 1 aliphatic heterocycles. The lowest BCUT2D eigenvalue weighted by atomic mass is 10.2. The van der Waals surface area contributed by atoms with Gasteiger partial charge in [-0.15, -0.1) is 6.58 Å². The Morgan fingerprint density at radius 3 is 2.54 bits per heavy atom. The largest absolute Gasteiger partial charge is 0.373 e. The first kappa shape index (κ1) is 17.1. The van der Waals surface area contributed by atoms with Crippen molar-refractivity contribution in [2.45, 2.75) is 39.3 Å². The first-order valence-electron chi connectivity index (χ1n) is 8.30. The van der Waals surface area contributed by atoms with Gasteiger partial charge in [0.05, 0.1) is 18.9 Å². The average molecular weight is 344 g/mol. The number of morpholine rings is 1. The van der Waals surface area contributed by atoms with Crippen LogP contribution in [0.3, 0.4) is 0 Å². The number of benzene rings is 1. The summed E-state index contributed by atoms with van der Waals surface area (Å²) in [7, 11) is 0. The molecule has 1 fully saturated rings. The van der Waals surface area contributed by atoms with Crippen LogP contribution < -0.4 is 0 Å². The van der Waals surface area contributed by atoms with Crippen molar-refractivity contribution < 1.29 is 4.74 Å². The van der Waals surface area contributed by atoms with E-state index in [4.69, 9.17) is 22.1 Å². The SMILES string of the molecule is C=CCn1c(-c2ccccc2)nn(CN2C[C@H](C)O[C@@H](C)C2)c1=S. The Labute approximate surface area is 148 Å². The summed E-state index contributed by atoms with van der Waals surface area (Å²) < 4.78 is 10.5. The van der Waals surface area contributed by atoms with Gasteiger partial charge in [0.15, 0.2) is 10.6 Å². The third-order valence-electron chi connectivity index (χ3n) is 4.10. The summed E-state index contributed by atoms with van der Waals surface area (Å²) in [5, 5.41) is 4.79. The summed E-state index contributed by atoms with van der Waals surface area (Å²) in [5.41, 5.74) is 1.06. The quantitative estimate of drug-likeness (QED) is 0.616. The van der Waals surface area contributed by atoms with Gasteiger partial charge in [0.25, 0.3) is 0 Å². The van der Waals surface area contributed by atoms with Crippen LogP contribution in [-0.2, 0) is 18.0 Å². The van der Waals surface area contributed by atoms with Crippen LogP contribution in [0.4, 0.5) is 0 Å². The van der Waals surface area contributed by atoms with Gasteiger partial charge in [0, 0.05) is 25.2 Å². The molecule has 1 saturated heterocycles. The standard InChI is InChI=1S/C18H24N4OS/c1-4-10-21-17(16-8-6-5-7-9-16)19-22(18(21)24)13-20-11-14(2)23-15(3)12-20/h4-9,14-15H,1,10-13H2,2-3H3/t14-,15-/m0/s1. The third-order valence-corrected chi connectivity index (χ3v) is 4.53. The Kier molecular flexibility index (Phi) is 5.28. The van der Waals surface area contributed by atoms with Crippen LogP contribution in [0.5, 0.6) is 0 Å². The molecule has 5 nitrogen and oxygen atoms in total. The van der Waals surface area contributed by atoms with Crippen LogP contribution in [0.15, 0.2) is 43.0 Å². The zero-order valence-electron chi connectivity index (χ0n) is 14.3. The van der Waals surface area contributed by atoms with E-state index in [1.165, 1.54) is 0 Å². The lowest BCUT2D eigenvalue weighted by Gasteiger charge is -2.34. The van der Waals surface area contributed by atoms with Gasteiger partial charge in [-0.3, -0.25) is 9.47 Å². The van der Waals surface area contributed by atoms with Gasteiger partial charge in [-0.2, -0.15) is 5.10 Å². The molecular formula is C18H24N4OS. The molecule has 0 radical (unpaired) electrons. The molecule has 0 saturated carbocycles. The van der Waals surface area contributed by atoms with Crippen LogP contribution in [0.1, 0.15) is 13.8 Å². The fourth-order valence-corrected chi connectivity index (χ4v) is 3.48. The van der Waals surface area contributed by atoms with Crippen molar-refractivity contribution in [3.8, 4) is 11.4 Å². The fraction of sp³-hybridized carbons (Fsp3) is 0.444. The minimum absolute atomic E-state index is 0.228. The number of nitrogens with zero attached hydrogens (tertiary/aromatic N) is 4. The zero-order chi connectivity index (χ0) is 17.1. The summed E-state index contributed by atoms with van der Waals surface area (Å²) in [6.07, 6.45) is 2.31. The minimum Gasteiger partial charge on any atom is -0.373 e.